The third kappa shape index (κ3) is 3.34. The number of rotatable bonds is 2. The third-order valence-electron chi connectivity index (χ3n) is 3.74. The van der Waals surface area contributed by atoms with Crippen molar-refractivity contribution in [3.63, 3.8) is 0 Å². The van der Waals surface area contributed by atoms with Crippen LogP contribution in [-0.4, -0.2) is 47.0 Å². The average molecular weight is 318 g/mol. The Morgan fingerprint density at radius 2 is 2.00 bits per heavy atom. The monoisotopic (exact) mass is 318 g/mol. The van der Waals surface area contributed by atoms with Gasteiger partial charge in [-0.2, -0.15) is 5.10 Å². The first-order chi connectivity index (χ1) is 11.0. The molecule has 0 radical (unpaired) electrons. The number of carbonyl (C=O) groups is 1. The molecule has 1 aliphatic rings. The smallest absolute Gasteiger partial charge is 0.322 e. The lowest BCUT2D eigenvalue weighted by Gasteiger charge is -2.27. The van der Waals surface area contributed by atoms with Gasteiger partial charge in [-0.05, 0) is 38.1 Å². The summed E-state index contributed by atoms with van der Waals surface area (Å²) < 4.78 is 21.1. The minimum atomic E-state index is -0.434. The Balaban J connectivity index is 1.76. The summed E-state index contributed by atoms with van der Waals surface area (Å²) in [6.07, 6.45) is 0. The molecular formula is C16H19FN4O2. The summed E-state index contributed by atoms with van der Waals surface area (Å²) in [6, 6.07) is 6.24. The van der Waals surface area contributed by atoms with Crippen molar-refractivity contribution in [2.24, 2.45) is 0 Å². The Kier molecular flexibility index (Phi) is 4.29. The van der Waals surface area contributed by atoms with E-state index in [-0.39, 0.29) is 6.03 Å². The molecule has 1 fully saturated rings. The lowest BCUT2D eigenvalue weighted by Crippen LogP contribution is -2.43. The van der Waals surface area contributed by atoms with Gasteiger partial charge in [0.2, 0.25) is 0 Å². The van der Waals surface area contributed by atoms with Crippen LogP contribution in [0.2, 0.25) is 0 Å². The van der Waals surface area contributed by atoms with Gasteiger partial charge in [0.25, 0.3) is 0 Å². The molecule has 1 saturated heterocycles. The Bertz CT molecular complexity index is 723. The number of aromatic nitrogens is 2. The van der Waals surface area contributed by atoms with Crippen molar-refractivity contribution in [3.05, 3.63) is 41.5 Å². The van der Waals surface area contributed by atoms with Crippen molar-refractivity contribution >= 4 is 11.7 Å². The minimum Gasteiger partial charge on any atom is -0.378 e. The molecule has 0 atom stereocenters. The summed E-state index contributed by atoms with van der Waals surface area (Å²) >= 11 is 0. The van der Waals surface area contributed by atoms with Crippen LogP contribution in [0.1, 0.15) is 11.4 Å². The zero-order valence-electron chi connectivity index (χ0n) is 13.2. The van der Waals surface area contributed by atoms with Crippen molar-refractivity contribution in [3.8, 4) is 5.69 Å². The highest BCUT2D eigenvalue weighted by molar-refractivity contribution is 5.89. The first-order valence-electron chi connectivity index (χ1n) is 7.51. The number of benzene rings is 1. The molecule has 0 aliphatic carbocycles. The highest BCUT2D eigenvalue weighted by Crippen LogP contribution is 2.20. The predicted molar refractivity (Wildman–Crippen MR) is 84.4 cm³/mol. The maximum atomic E-state index is 14.4. The highest BCUT2D eigenvalue weighted by atomic mass is 19.1. The van der Waals surface area contributed by atoms with Gasteiger partial charge < -0.3 is 15.0 Å². The van der Waals surface area contributed by atoms with Crippen molar-refractivity contribution < 1.29 is 13.9 Å². The van der Waals surface area contributed by atoms with E-state index >= 15 is 0 Å². The van der Waals surface area contributed by atoms with Gasteiger partial charge in [-0.15, -0.1) is 0 Å². The molecule has 2 heterocycles. The van der Waals surface area contributed by atoms with E-state index in [9.17, 15) is 9.18 Å². The third-order valence-corrected chi connectivity index (χ3v) is 3.74. The molecule has 2 aromatic rings. The van der Waals surface area contributed by atoms with Crippen LogP contribution >= 0.6 is 0 Å². The Morgan fingerprint density at radius 3 is 2.61 bits per heavy atom. The second-order valence-corrected chi connectivity index (χ2v) is 5.53. The van der Waals surface area contributed by atoms with Crippen molar-refractivity contribution in [1.29, 1.82) is 0 Å². The summed E-state index contributed by atoms with van der Waals surface area (Å²) in [6.45, 7) is 5.86. The Labute approximate surface area is 133 Å². The van der Waals surface area contributed by atoms with Crippen LogP contribution in [0.25, 0.3) is 5.69 Å². The van der Waals surface area contributed by atoms with Gasteiger partial charge >= 0.3 is 6.03 Å². The molecule has 0 bridgehead atoms. The summed E-state index contributed by atoms with van der Waals surface area (Å²) in [5.74, 6) is -0.434. The number of halogens is 1. The fourth-order valence-electron chi connectivity index (χ4n) is 2.60. The highest BCUT2D eigenvalue weighted by Gasteiger charge is 2.17. The second kappa shape index (κ2) is 6.37. The second-order valence-electron chi connectivity index (χ2n) is 5.53. The van der Waals surface area contributed by atoms with Crippen LogP contribution in [0.4, 0.5) is 14.9 Å². The summed E-state index contributed by atoms with van der Waals surface area (Å²) in [7, 11) is 0. The van der Waals surface area contributed by atoms with Crippen LogP contribution in [0.5, 0.6) is 0 Å². The standard InChI is InChI=1S/C16H19FN4O2/c1-11-9-12(2)21(19-11)15-4-3-13(10-14(15)17)18-16(22)20-5-7-23-8-6-20/h3-4,9-10H,5-8H2,1-2H3,(H,18,22). The molecule has 0 unspecified atom stereocenters. The Hall–Kier alpha value is -2.41. The van der Waals surface area contributed by atoms with Crippen LogP contribution in [0, 0.1) is 19.7 Å². The number of carbonyl (C=O) groups excluding carboxylic acids is 1. The van der Waals surface area contributed by atoms with Gasteiger partial charge in [0.1, 0.15) is 5.69 Å². The van der Waals surface area contributed by atoms with E-state index in [1.165, 1.54) is 6.07 Å². The summed E-state index contributed by atoms with van der Waals surface area (Å²) in [4.78, 5) is 13.8. The number of urea groups is 1. The largest absolute Gasteiger partial charge is 0.378 e. The first-order valence-corrected chi connectivity index (χ1v) is 7.51. The SMILES string of the molecule is Cc1cc(C)n(-c2ccc(NC(=O)N3CCOCC3)cc2F)n1. The molecule has 6 nitrogen and oxygen atoms in total. The van der Waals surface area contributed by atoms with Gasteiger partial charge in [0, 0.05) is 24.5 Å². The molecular weight excluding hydrogens is 299 g/mol. The molecule has 0 saturated carbocycles. The maximum Gasteiger partial charge on any atom is 0.322 e. The minimum absolute atomic E-state index is 0.244. The van der Waals surface area contributed by atoms with Gasteiger partial charge in [0.05, 0.1) is 18.9 Å². The maximum absolute atomic E-state index is 14.4. The van der Waals surface area contributed by atoms with Crippen LogP contribution in [-0.2, 0) is 4.74 Å². The van der Waals surface area contributed by atoms with E-state index < -0.39 is 5.82 Å². The number of nitrogens with zero attached hydrogens (tertiary/aromatic N) is 3. The van der Waals surface area contributed by atoms with E-state index in [2.05, 4.69) is 10.4 Å². The predicted octanol–water partition coefficient (Wildman–Crippen LogP) is 2.49. The number of anilines is 1. The molecule has 1 N–H and O–H groups in total. The lowest BCUT2D eigenvalue weighted by atomic mass is 10.2. The van der Waals surface area contributed by atoms with E-state index in [0.717, 1.165) is 11.4 Å². The molecule has 23 heavy (non-hydrogen) atoms. The van der Waals surface area contributed by atoms with Crippen molar-refractivity contribution in [2.45, 2.75) is 13.8 Å². The molecule has 0 spiro atoms. The summed E-state index contributed by atoms with van der Waals surface area (Å²) in [5, 5.41) is 6.99. The van der Waals surface area contributed by atoms with E-state index in [0.29, 0.717) is 37.7 Å². The van der Waals surface area contributed by atoms with Gasteiger partial charge in [0.15, 0.2) is 5.82 Å². The number of nitrogens with one attached hydrogen (secondary N) is 1. The van der Waals surface area contributed by atoms with E-state index in [1.807, 2.05) is 19.9 Å². The average Bonchev–Trinajstić information content (AvgIpc) is 2.87. The van der Waals surface area contributed by atoms with E-state index in [1.54, 1.807) is 21.7 Å². The Morgan fingerprint density at radius 1 is 1.26 bits per heavy atom. The fraction of sp³-hybridized carbons (Fsp3) is 0.375. The number of aryl methyl sites for hydroxylation is 2. The fourth-order valence-corrected chi connectivity index (χ4v) is 2.60. The molecule has 3 rings (SSSR count). The number of ether oxygens (including phenoxy) is 1. The van der Waals surface area contributed by atoms with Crippen molar-refractivity contribution in [2.75, 3.05) is 31.6 Å². The topological polar surface area (TPSA) is 59.4 Å². The zero-order valence-corrected chi connectivity index (χ0v) is 13.2. The molecule has 7 heteroatoms. The number of amides is 2. The molecule has 2 amide bonds. The molecule has 1 aromatic heterocycles. The van der Waals surface area contributed by atoms with Crippen LogP contribution in [0.3, 0.4) is 0 Å². The van der Waals surface area contributed by atoms with Crippen molar-refractivity contribution in [1.82, 2.24) is 14.7 Å². The molecule has 1 aromatic carbocycles. The van der Waals surface area contributed by atoms with E-state index in [4.69, 9.17) is 4.74 Å². The summed E-state index contributed by atoms with van der Waals surface area (Å²) in [5.41, 5.74) is 2.46. The normalized spacial score (nSPS) is 14.8. The number of hydrogen-bond acceptors (Lipinski definition) is 3. The van der Waals surface area contributed by atoms with Gasteiger partial charge in [-0.25, -0.2) is 13.9 Å². The number of hydrogen-bond donors (Lipinski definition) is 1. The van der Waals surface area contributed by atoms with Crippen LogP contribution < -0.4 is 5.32 Å². The molecule has 122 valence electrons. The van der Waals surface area contributed by atoms with Crippen LogP contribution in [0.15, 0.2) is 24.3 Å². The first kappa shape index (κ1) is 15.5. The van der Waals surface area contributed by atoms with Gasteiger partial charge in [-0.1, -0.05) is 0 Å². The number of morpholine rings is 1. The quantitative estimate of drug-likeness (QED) is 0.925. The zero-order chi connectivity index (χ0) is 16.4. The molecule has 1 aliphatic heterocycles. The van der Waals surface area contributed by atoms with Gasteiger partial charge in [-0.3, -0.25) is 0 Å². The lowest BCUT2D eigenvalue weighted by molar-refractivity contribution is 0.0564.